The molecule has 0 radical (unpaired) electrons. The predicted molar refractivity (Wildman–Crippen MR) is 94.5 cm³/mol. The Morgan fingerprint density at radius 3 is 2.15 bits per heavy atom. The van der Waals surface area contributed by atoms with Gasteiger partial charge in [-0.3, -0.25) is 0 Å². The van der Waals surface area contributed by atoms with Crippen LogP contribution < -0.4 is 14.2 Å². The molecule has 0 aliphatic rings. The molecule has 0 spiro atoms. The average Bonchev–Trinajstić information content (AvgIpc) is 2.55. The van der Waals surface area contributed by atoms with Gasteiger partial charge < -0.3 is 14.2 Å². The van der Waals surface area contributed by atoms with Crippen LogP contribution >= 0.6 is 23.2 Å². The molecular weight excluding hydrogens is 392 g/mol. The Kier molecular flexibility index (Phi) is 7.06. The van der Waals surface area contributed by atoms with Crippen molar-refractivity contribution in [1.29, 1.82) is 0 Å². The quantitative estimate of drug-likeness (QED) is 0.530. The number of benzene rings is 2. The summed E-state index contributed by atoms with van der Waals surface area (Å²) in [5, 5.41) is 0. The highest BCUT2D eigenvalue weighted by molar-refractivity contribution is 6.55. The highest BCUT2D eigenvalue weighted by Gasteiger charge is 2.28. The summed E-state index contributed by atoms with van der Waals surface area (Å²) in [7, 11) is 0. The molecule has 0 aliphatic heterocycles. The lowest BCUT2D eigenvalue weighted by Crippen LogP contribution is -2.19. The van der Waals surface area contributed by atoms with Crippen LogP contribution in [0.25, 0.3) is 0 Å². The molecule has 0 amide bonds. The van der Waals surface area contributed by atoms with Gasteiger partial charge in [-0.2, -0.15) is 13.2 Å². The minimum Gasteiger partial charge on any atom is -0.489 e. The standard InChI is InChI=1S/C18H15Cl2F3O3/c1-12-10-15(24-9-8-17(19)20)6-7-16(12)26-14-4-2-13(3-5-14)25-11-18(21,22)23/h2-8,10H,9,11H2,1H3. The van der Waals surface area contributed by atoms with E-state index in [1.54, 1.807) is 18.2 Å². The molecule has 2 rings (SSSR count). The first-order valence-corrected chi connectivity index (χ1v) is 8.20. The van der Waals surface area contributed by atoms with Crippen molar-refractivity contribution in [3.05, 3.63) is 58.6 Å². The summed E-state index contributed by atoms with van der Waals surface area (Å²) in [5.41, 5.74) is 0.820. The van der Waals surface area contributed by atoms with Gasteiger partial charge in [-0.25, -0.2) is 0 Å². The largest absolute Gasteiger partial charge is 0.489 e. The minimum absolute atomic E-state index is 0.112. The number of hydrogen-bond acceptors (Lipinski definition) is 3. The number of aryl methyl sites for hydroxylation is 1. The molecule has 0 aromatic heterocycles. The summed E-state index contributed by atoms with van der Waals surface area (Å²) >= 11 is 11.0. The van der Waals surface area contributed by atoms with E-state index in [-0.39, 0.29) is 16.8 Å². The third-order valence-electron chi connectivity index (χ3n) is 3.09. The molecule has 0 saturated heterocycles. The maximum atomic E-state index is 12.1. The number of hydrogen-bond donors (Lipinski definition) is 0. The lowest BCUT2D eigenvalue weighted by Gasteiger charge is -2.12. The Morgan fingerprint density at radius 1 is 0.962 bits per heavy atom. The van der Waals surface area contributed by atoms with Crippen molar-refractivity contribution in [2.24, 2.45) is 0 Å². The molecular formula is C18H15Cl2F3O3. The van der Waals surface area contributed by atoms with Crippen molar-refractivity contribution < 1.29 is 27.4 Å². The van der Waals surface area contributed by atoms with Crippen LogP contribution in [0.4, 0.5) is 13.2 Å². The van der Waals surface area contributed by atoms with E-state index in [0.29, 0.717) is 17.2 Å². The molecule has 3 nitrogen and oxygen atoms in total. The van der Waals surface area contributed by atoms with E-state index in [2.05, 4.69) is 4.74 Å². The molecule has 2 aromatic rings. The van der Waals surface area contributed by atoms with Gasteiger partial charge in [-0.05, 0) is 61.0 Å². The van der Waals surface area contributed by atoms with Crippen LogP contribution in [-0.2, 0) is 0 Å². The van der Waals surface area contributed by atoms with Gasteiger partial charge in [0.1, 0.15) is 34.1 Å². The summed E-state index contributed by atoms with van der Waals surface area (Å²) in [6.45, 7) is 0.743. The summed E-state index contributed by atoms with van der Waals surface area (Å²) in [6, 6.07) is 11.1. The van der Waals surface area contributed by atoms with Gasteiger partial charge in [0.15, 0.2) is 6.61 Å². The molecule has 8 heteroatoms. The van der Waals surface area contributed by atoms with Crippen LogP contribution in [0, 0.1) is 6.92 Å². The predicted octanol–water partition coefficient (Wildman–Crippen LogP) is 6.43. The second-order valence-corrected chi connectivity index (χ2v) is 6.22. The smallest absolute Gasteiger partial charge is 0.422 e. The van der Waals surface area contributed by atoms with E-state index in [1.807, 2.05) is 6.92 Å². The molecule has 26 heavy (non-hydrogen) atoms. The molecule has 0 atom stereocenters. The van der Waals surface area contributed by atoms with Gasteiger partial charge in [0, 0.05) is 0 Å². The Hall–Kier alpha value is -2.05. The molecule has 2 aromatic carbocycles. The van der Waals surface area contributed by atoms with Gasteiger partial charge in [0.25, 0.3) is 0 Å². The molecule has 0 heterocycles. The van der Waals surface area contributed by atoms with E-state index in [1.165, 1.54) is 30.3 Å². The fourth-order valence-electron chi connectivity index (χ4n) is 1.92. The van der Waals surface area contributed by atoms with Gasteiger partial charge in [-0.15, -0.1) is 0 Å². The zero-order valence-electron chi connectivity index (χ0n) is 13.6. The van der Waals surface area contributed by atoms with Crippen molar-refractivity contribution in [1.82, 2.24) is 0 Å². The highest BCUT2D eigenvalue weighted by atomic mass is 35.5. The van der Waals surface area contributed by atoms with Gasteiger partial charge in [-0.1, -0.05) is 23.2 Å². The van der Waals surface area contributed by atoms with Crippen LogP contribution in [0.15, 0.2) is 53.0 Å². The van der Waals surface area contributed by atoms with Gasteiger partial charge in [0.2, 0.25) is 0 Å². The van der Waals surface area contributed by atoms with Gasteiger partial charge in [0.05, 0.1) is 0 Å². The molecule has 0 saturated carbocycles. The first kappa shape index (κ1) is 20.3. The number of rotatable bonds is 7. The highest BCUT2D eigenvalue weighted by Crippen LogP contribution is 2.29. The SMILES string of the molecule is Cc1cc(OCC=C(Cl)Cl)ccc1Oc1ccc(OCC(F)(F)F)cc1. The molecule has 0 bridgehead atoms. The fraction of sp³-hybridized carbons (Fsp3) is 0.222. The monoisotopic (exact) mass is 406 g/mol. The number of ether oxygens (including phenoxy) is 3. The van der Waals surface area contributed by atoms with E-state index in [4.69, 9.17) is 32.7 Å². The summed E-state index contributed by atoms with van der Waals surface area (Å²) in [4.78, 5) is 0. The minimum atomic E-state index is -4.37. The van der Waals surface area contributed by atoms with Gasteiger partial charge >= 0.3 is 6.18 Å². The van der Waals surface area contributed by atoms with Crippen molar-refractivity contribution >= 4 is 23.2 Å². The third kappa shape index (κ3) is 7.06. The summed E-state index contributed by atoms with van der Waals surface area (Å²) < 4.78 is 52.3. The normalized spacial score (nSPS) is 11.0. The second kappa shape index (κ2) is 9.05. The number of halogens is 5. The van der Waals surface area contributed by atoms with Crippen LogP contribution in [0.3, 0.4) is 0 Å². The Balaban J connectivity index is 1.96. The lowest BCUT2D eigenvalue weighted by atomic mass is 10.2. The van der Waals surface area contributed by atoms with Crippen LogP contribution in [-0.4, -0.2) is 19.4 Å². The Bertz CT molecular complexity index is 755. The van der Waals surface area contributed by atoms with Crippen molar-refractivity contribution in [2.75, 3.05) is 13.2 Å². The molecule has 140 valence electrons. The first-order valence-electron chi connectivity index (χ1n) is 7.45. The maximum Gasteiger partial charge on any atom is 0.422 e. The van der Waals surface area contributed by atoms with Crippen LogP contribution in [0.5, 0.6) is 23.0 Å². The molecule has 0 aliphatic carbocycles. The third-order valence-corrected chi connectivity index (χ3v) is 3.40. The maximum absolute atomic E-state index is 12.1. The number of alkyl halides is 3. The zero-order valence-corrected chi connectivity index (χ0v) is 15.2. The fourth-order valence-corrected chi connectivity index (χ4v) is 2.05. The average molecular weight is 407 g/mol. The van der Waals surface area contributed by atoms with Crippen molar-refractivity contribution in [3.63, 3.8) is 0 Å². The second-order valence-electron chi connectivity index (χ2n) is 5.21. The van der Waals surface area contributed by atoms with E-state index >= 15 is 0 Å². The zero-order chi connectivity index (χ0) is 19.2. The lowest BCUT2D eigenvalue weighted by molar-refractivity contribution is -0.153. The van der Waals surface area contributed by atoms with Crippen LogP contribution in [0.1, 0.15) is 5.56 Å². The molecule has 0 N–H and O–H groups in total. The first-order chi connectivity index (χ1) is 12.2. The molecule has 0 unspecified atom stereocenters. The van der Waals surface area contributed by atoms with E-state index in [9.17, 15) is 13.2 Å². The van der Waals surface area contributed by atoms with Crippen molar-refractivity contribution in [3.8, 4) is 23.0 Å². The summed E-state index contributed by atoms with van der Waals surface area (Å²) in [5.74, 6) is 1.79. The van der Waals surface area contributed by atoms with E-state index < -0.39 is 12.8 Å². The van der Waals surface area contributed by atoms with E-state index in [0.717, 1.165) is 5.56 Å². The topological polar surface area (TPSA) is 27.7 Å². The Labute approximate surface area is 158 Å². The van der Waals surface area contributed by atoms with Crippen molar-refractivity contribution in [2.45, 2.75) is 13.1 Å². The molecule has 0 fully saturated rings. The summed E-state index contributed by atoms with van der Waals surface area (Å²) in [6.07, 6.45) is -2.85. The van der Waals surface area contributed by atoms with Crippen LogP contribution in [0.2, 0.25) is 0 Å². The Morgan fingerprint density at radius 2 is 1.58 bits per heavy atom.